The van der Waals surface area contributed by atoms with Crippen LogP contribution < -0.4 is 0 Å². The van der Waals surface area contributed by atoms with Gasteiger partial charge in [0.05, 0.1) is 0 Å². The minimum Gasteiger partial charge on any atom is -0.0622 e. The first-order chi connectivity index (χ1) is 4.75. The molecule has 2 atom stereocenters. The lowest BCUT2D eigenvalue weighted by molar-refractivity contribution is -0.0742. The SMILES string of the molecule is CC1CC(C)(C)C1C(C)(C)C. The highest BCUT2D eigenvalue weighted by atomic mass is 14.5. The molecular weight excluding hydrogens is 132 g/mol. The Kier molecular flexibility index (Phi) is 1.85. The fourth-order valence-electron chi connectivity index (χ4n) is 3.71. The van der Waals surface area contributed by atoms with Crippen LogP contribution in [0.4, 0.5) is 0 Å². The zero-order valence-electron chi connectivity index (χ0n) is 8.86. The zero-order valence-corrected chi connectivity index (χ0v) is 8.86. The molecule has 0 radical (unpaired) electrons. The van der Waals surface area contributed by atoms with Gasteiger partial charge in [0.25, 0.3) is 0 Å². The molecule has 0 aromatic heterocycles. The molecule has 0 aromatic rings. The summed E-state index contributed by atoms with van der Waals surface area (Å²) in [6, 6.07) is 0. The molecule has 0 amide bonds. The summed E-state index contributed by atoms with van der Waals surface area (Å²) in [6.07, 6.45) is 1.41. The topological polar surface area (TPSA) is 0 Å². The molecule has 0 aromatic carbocycles. The fourth-order valence-corrected chi connectivity index (χ4v) is 3.71. The van der Waals surface area contributed by atoms with Crippen molar-refractivity contribution in [2.75, 3.05) is 0 Å². The van der Waals surface area contributed by atoms with E-state index >= 15 is 0 Å². The standard InChI is InChI=1S/C11H22/c1-8-7-11(5,6)9(8)10(2,3)4/h8-9H,7H2,1-6H3. The molecule has 1 rings (SSSR count). The maximum Gasteiger partial charge on any atom is -0.0288 e. The van der Waals surface area contributed by atoms with Gasteiger partial charge in [-0.05, 0) is 29.1 Å². The minimum atomic E-state index is 0.501. The van der Waals surface area contributed by atoms with Crippen molar-refractivity contribution in [3.63, 3.8) is 0 Å². The number of hydrogen-bond acceptors (Lipinski definition) is 0. The van der Waals surface area contributed by atoms with Crippen LogP contribution in [0, 0.1) is 22.7 Å². The van der Waals surface area contributed by atoms with E-state index in [0.717, 1.165) is 11.8 Å². The van der Waals surface area contributed by atoms with Crippen molar-refractivity contribution in [3.8, 4) is 0 Å². The molecule has 1 saturated carbocycles. The molecule has 0 bridgehead atoms. The highest BCUT2D eigenvalue weighted by Gasteiger charge is 2.49. The number of hydrogen-bond donors (Lipinski definition) is 0. The fraction of sp³-hybridized carbons (Fsp3) is 1.00. The molecule has 11 heavy (non-hydrogen) atoms. The smallest absolute Gasteiger partial charge is 0.0288 e. The van der Waals surface area contributed by atoms with E-state index in [1.165, 1.54) is 6.42 Å². The van der Waals surface area contributed by atoms with E-state index < -0.39 is 0 Å². The predicted octanol–water partition coefficient (Wildman–Crippen LogP) is 3.71. The van der Waals surface area contributed by atoms with Gasteiger partial charge < -0.3 is 0 Å². The second kappa shape index (κ2) is 2.24. The van der Waals surface area contributed by atoms with Crippen LogP contribution in [-0.2, 0) is 0 Å². The zero-order chi connectivity index (χ0) is 8.86. The van der Waals surface area contributed by atoms with E-state index in [1.54, 1.807) is 0 Å². The quantitative estimate of drug-likeness (QED) is 0.499. The lowest BCUT2D eigenvalue weighted by atomic mass is 9.49. The Hall–Kier alpha value is 0. The molecule has 1 aliphatic carbocycles. The molecular formula is C11H22. The maximum absolute atomic E-state index is 2.41. The van der Waals surface area contributed by atoms with Crippen molar-refractivity contribution in [2.45, 2.75) is 48.0 Å². The Labute approximate surface area is 71.4 Å². The van der Waals surface area contributed by atoms with Gasteiger partial charge in [-0.15, -0.1) is 0 Å². The summed E-state index contributed by atoms with van der Waals surface area (Å²) in [5.41, 5.74) is 1.10. The summed E-state index contributed by atoms with van der Waals surface area (Å²) in [6.45, 7) is 14.3. The Balaban J connectivity index is 2.71. The first-order valence-electron chi connectivity index (χ1n) is 4.75. The van der Waals surface area contributed by atoms with Crippen molar-refractivity contribution in [1.82, 2.24) is 0 Å². The first kappa shape index (κ1) is 9.09. The Morgan fingerprint density at radius 3 is 1.73 bits per heavy atom. The monoisotopic (exact) mass is 154 g/mol. The van der Waals surface area contributed by atoms with Gasteiger partial charge in [0.1, 0.15) is 0 Å². The Morgan fingerprint density at radius 2 is 1.64 bits per heavy atom. The van der Waals surface area contributed by atoms with Crippen molar-refractivity contribution in [1.29, 1.82) is 0 Å². The van der Waals surface area contributed by atoms with E-state index in [4.69, 9.17) is 0 Å². The van der Waals surface area contributed by atoms with Crippen molar-refractivity contribution in [2.24, 2.45) is 22.7 Å². The second-order valence-electron chi connectivity index (χ2n) is 6.01. The average Bonchev–Trinajstić information content (AvgIpc) is 1.54. The molecule has 0 spiro atoms. The third-order valence-corrected chi connectivity index (χ3v) is 3.19. The van der Waals surface area contributed by atoms with Gasteiger partial charge in [0, 0.05) is 0 Å². The lowest BCUT2D eigenvalue weighted by Crippen LogP contribution is -2.49. The number of rotatable bonds is 0. The van der Waals surface area contributed by atoms with Crippen LogP contribution >= 0.6 is 0 Å². The van der Waals surface area contributed by atoms with Gasteiger partial charge >= 0.3 is 0 Å². The van der Waals surface area contributed by atoms with Crippen LogP contribution in [0.25, 0.3) is 0 Å². The summed E-state index contributed by atoms with van der Waals surface area (Å²) in [5.74, 6) is 1.85. The molecule has 1 aliphatic rings. The summed E-state index contributed by atoms with van der Waals surface area (Å²) in [4.78, 5) is 0. The van der Waals surface area contributed by atoms with Crippen LogP contribution in [0.15, 0.2) is 0 Å². The summed E-state index contributed by atoms with van der Waals surface area (Å²) < 4.78 is 0. The first-order valence-corrected chi connectivity index (χ1v) is 4.75. The predicted molar refractivity (Wildman–Crippen MR) is 50.5 cm³/mol. The summed E-state index contributed by atoms with van der Waals surface area (Å²) >= 11 is 0. The van der Waals surface area contributed by atoms with Crippen molar-refractivity contribution in [3.05, 3.63) is 0 Å². The molecule has 0 nitrogen and oxygen atoms in total. The van der Waals surface area contributed by atoms with E-state index in [2.05, 4.69) is 41.5 Å². The summed E-state index contributed by atoms with van der Waals surface area (Å²) in [5, 5.41) is 0. The van der Waals surface area contributed by atoms with Crippen molar-refractivity contribution >= 4 is 0 Å². The molecule has 1 fully saturated rings. The largest absolute Gasteiger partial charge is 0.0622 e. The third-order valence-electron chi connectivity index (χ3n) is 3.19. The third kappa shape index (κ3) is 1.45. The average molecular weight is 154 g/mol. The van der Waals surface area contributed by atoms with Gasteiger partial charge in [-0.2, -0.15) is 0 Å². The van der Waals surface area contributed by atoms with E-state index in [1.807, 2.05) is 0 Å². The lowest BCUT2D eigenvalue weighted by Gasteiger charge is -2.56. The van der Waals surface area contributed by atoms with Crippen LogP contribution in [-0.4, -0.2) is 0 Å². The van der Waals surface area contributed by atoms with Crippen LogP contribution in [0.5, 0.6) is 0 Å². The van der Waals surface area contributed by atoms with E-state index in [9.17, 15) is 0 Å². The molecule has 0 N–H and O–H groups in total. The molecule has 0 saturated heterocycles. The van der Waals surface area contributed by atoms with Crippen LogP contribution in [0.1, 0.15) is 48.0 Å². The molecule has 0 heteroatoms. The van der Waals surface area contributed by atoms with E-state index in [0.29, 0.717) is 10.8 Å². The summed E-state index contributed by atoms with van der Waals surface area (Å²) in [7, 11) is 0. The highest BCUT2D eigenvalue weighted by Crippen LogP contribution is 2.57. The van der Waals surface area contributed by atoms with Gasteiger partial charge in [-0.1, -0.05) is 41.5 Å². The van der Waals surface area contributed by atoms with Crippen LogP contribution in [0.2, 0.25) is 0 Å². The Morgan fingerprint density at radius 1 is 1.18 bits per heavy atom. The highest BCUT2D eigenvalue weighted by molar-refractivity contribution is 4.99. The normalized spacial score (nSPS) is 36.5. The molecule has 0 heterocycles. The van der Waals surface area contributed by atoms with Gasteiger partial charge in [-0.3, -0.25) is 0 Å². The van der Waals surface area contributed by atoms with Crippen molar-refractivity contribution < 1.29 is 0 Å². The Bertz CT molecular complexity index is 138. The minimum absolute atomic E-state index is 0.501. The van der Waals surface area contributed by atoms with E-state index in [-0.39, 0.29) is 0 Å². The van der Waals surface area contributed by atoms with Crippen LogP contribution in [0.3, 0.4) is 0 Å². The molecule has 0 aliphatic heterocycles. The molecule has 66 valence electrons. The molecule has 2 unspecified atom stereocenters. The van der Waals surface area contributed by atoms with Gasteiger partial charge in [0.2, 0.25) is 0 Å². The maximum atomic E-state index is 2.41. The van der Waals surface area contributed by atoms with Gasteiger partial charge in [-0.25, -0.2) is 0 Å². The second-order valence-corrected chi connectivity index (χ2v) is 6.01. The van der Waals surface area contributed by atoms with Gasteiger partial charge in [0.15, 0.2) is 0 Å².